The monoisotopic (exact) mass is 130 g/mol. The van der Waals surface area contributed by atoms with Crippen LogP contribution in [0.1, 0.15) is 0 Å². The fourth-order valence-corrected chi connectivity index (χ4v) is 0.0845. The molecule has 1 N–H and O–H groups in total. The Morgan fingerprint density at radius 1 is 1.83 bits per heavy atom. The second kappa shape index (κ2) is 3.68. The van der Waals surface area contributed by atoms with E-state index in [1.54, 1.807) is 0 Å². The molecule has 0 aromatic heterocycles. The predicted molar refractivity (Wildman–Crippen MR) is 23.7 cm³/mol. The maximum atomic E-state index is 7.99. The van der Waals surface area contributed by atoms with Gasteiger partial charge in [-0.1, -0.05) is 11.6 Å². The van der Waals surface area contributed by atoms with E-state index in [0.717, 1.165) is 0 Å². The van der Waals surface area contributed by atoms with Crippen molar-refractivity contribution in [2.24, 2.45) is 0 Å². The van der Waals surface area contributed by atoms with Gasteiger partial charge in [-0.2, -0.15) is 0 Å². The molecule has 4 heteroatoms. The van der Waals surface area contributed by atoms with Crippen LogP contribution in [0.5, 0.6) is 0 Å². The van der Waals surface area contributed by atoms with Gasteiger partial charge >= 0.3 is 0 Å². The topological polar surface area (TPSA) is 29.5 Å². The Morgan fingerprint density at radius 3 is 2.33 bits per heavy atom. The standard InChI is InChI=1S/C2H4Cl2O2/c3-2(1-5)6-4/h2,5H,1H2. The molecular formula is C2H4Cl2O2. The molecule has 0 amide bonds. The predicted octanol–water partition coefficient (Wildman–Crippen LogP) is 0.714. The van der Waals surface area contributed by atoms with Crippen LogP contribution in [0.2, 0.25) is 0 Å². The summed E-state index contributed by atoms with van der Waals surface area (Å²) >= 11 is 9.71. The fourth-order valence-electron chi connectivity index (χ4n) is 0.0282. The van der Waals surface area contributed by atoms with Gasteiger partial charge in [0.1, 0.15) is 0 Å². The SMILES string of the molecule is OCC(Cl)OCl. The van der Waals surface area contributed by atoms with Crippen molar-refractivity contribution in [2.75, 3.05) is 6.61 Å². The highest BCUT2D eigenvalue weighted by Crippen LogP contribution is 1.97. The molecule has 38 valence electrons. The van der Waals surface area contributed by atoms with E-state index in [1.165, 1.54) is 0 Å². The molecule has 0 aromatic carbocycles. The van der Waals surface area contributed by atoms with Crippen molar-refractivity contribution in [3.63, 3.8) is 0 Å². The van der Waals surface area contributed by atoms with Crippen molar-refractivity contribution in [3.05, 3.63) is 0 Å². The molecule has 0 aliphatic rings. The molecule has 0 bridgehead atoms. The smallest absolute Gasteiger partial charge is 0.175 e. The molecule has 0 spiro atoms. The van der Waals surface area contributed by atoms with Crippen molar-refractivity contribution in [2.45, 2.75) is 5.56 Å². The minimum Gasteiger partial charge on any atom is -0.392 e. The van der Waals surface area contributed by atoms with Gasteiger partial charge < -0.3 is 5.11 Å². The second-order valence-corrected chi connectivity index (χ2v) is 1.35. The number of rotatable bonds is 2. The number of aliphatic hydroxyl groups excluding tert-OH is 1. The summed E-state index contributed by atoms with van der Waals surface area (Å²) in [5, 5.41) is 7.99. The molecule has 6 heavy (non-hydrogen) atoms. The van der Waals surface area contributed by atoms with Crippen molar-refractivity contribution < 1.29 is 9.40 Å². The zero-order valence-corrected chi connectivity index (χ0v) is 4.41. The van der Waals surface area contributed by atoms with Crippen LogP contribution in [0.25, 0.3) is 0 Å². The quantitative estimate of drug-likeness (QED) is 0.559. The second-order valence-electron chi connectivity index (χ2n) is 0.682. The summed E-state index contributed by atoms with van der Waals surface area (Å²) < 4.78 is 3.89. The average molecular weight is 131 g/mol. The lowest BCUT2D eigenvalue weighted by Gasteiger charge is -1.94. The lowest BCUT2D eigenvalue weighted by molar-refractivity contribution is 0.184. The van der Waals surface area contributed by atoms with Gasteiger partial charge in [0.2, 0.25) is 0 Å². The molecule has 0 rings (SSSR count). The normalized spacial score (nSPS) is 14.5. The Balaban J connectivity index is 2.75. The number of alkyl halides is 1. The Bertz CT molecular complexity index is 28.7. The first kappa shape index (κ1) is 6.50. The average Bonchev–Trinajstić information content (AvgIpc) is 1.65. The van der Waals surface area contributed by atoms with E-state index in [9.17, 15) is 0 Å². The number of hydrogen-bond acceptors (Lipinski definition) is 2. The molecule has 0 aromatic rings. The molecular weight excluding hydrogens is 127 g/mol. The third kappa shape index (κ3) is 2.72. The number of hydrogen-bond donors (Lipinski definition) is 1. The molecule has 2 nitrogen and oxygen atoms in total. The Kier molecular flexibility index (Phi) is 3.99. The van der Waals surface area contributed by atoms with Gasteiger partial charge in [0.15, 0.2) is 5.56 Å². The fraction of sp³-hybridized carbons (Fsp3) is 1.00. The Morgan fingerprint density at radius 2 is 2.33 bits per heavy atom. The third-order valence-corrected chi connectivity index (χ3v) is 0.774. The first-order valence-electron chi connectivity index (χ1n) is 1.33. The lowest BCUT2D eigenvalue weighted by atomic mass is 10.8. The number of aliphatic hydroxyl groups is 1. The molecule has 1 unspecified atom stereocenters. The molecule has 0 aliphatic carbocycles. The molecule has 0 aliphatic heterocycles. The molecule has 0 radical (unpaired) electrons. The Labute approximate surface area is 45.8 Å². The van der Waals surface area contributed by atoms with Gasteiger partial charge in [-0.3, -0.25) is 4.29 Å². The highest BCUT2D eigenvalue weighted by Gasteiger charge is 1.96. The van der Waals surface area contributed by atoms with Gasteiger partial charge in [-0.15, -0.1) is 0 Å². The Hall–Kier alpha value is 0.500. The van der Waals surface area contributed by atoms with E-state index in [4.69, 9.17) is 16.7 Å². The van der Waals surface area contributed by atoms with Crippen molar-refractivity contribution in [3.8, 4) is 0 Å². The molecule has 0 saturated heterocycles. The summed E-state index contributed by atoms with van der Waals surface area (Å²) in [5.41, 5.74) is -0.772. The van der Waals surface area contributed by atoms with Crippen LogP contribution in [-0.4, -0.2) is 17.3 Å². The molecule has 0 heterocycles. The van der Waals surface area contributed by atoms with Crippen LogP contribution in [0, 0.1) is 0 Å². The van der Waals surface area contributed by atoms with E-state index in [0.29, 0.717) is 0 Å². The van der Waals surface area contributed by atoms with Crippen molar-refractivity contribution in [1.29, 1.82) is 0 Å². The highest BCUT2D eigenvalue weighted by molar-refractivity contribution is 6.22. The van der Waals surface area contributed by atoms with Gasteiger partial charge in [0.05, 0.1) is 18.5 Å². The van der Waals surface area contributed by atoms with E-state index < -0.39 is 5.56 Å². The number of halogens is 2. The molecule has 0 fully saturated rings. The van der Waals surface area contributed by atoms with Crippen molar-refractivity contribution in [1.82, 2.24) is 0 Å². The van der Waals surface area contributed by atoms with E-state index in [2.05, 4.69) is 16.2 Å². The summed E-state index contributed by atoms with van der Waals surface area (Å²) in [6.45, 7) is -0.259. The van der Waals surface area contributed by atoms with Crippen LogP contribution in [0.4, 0.5) is 0 Å². The minimum atomic E-state index is -0.772. The first-order valence-corrected chi connectivity index (χ1v) is 2.08. The van der Waals surface area contributed by atoms with Crippen LogP contribution in [-0.2, 0) is 4.29 Å². The summed E-state index contributed by atoms with van der Waals surface area (Å²) in [5.74, 6) is 0. The first-order chi connectivity index (χ1) is 2.81. The zero-order valence-electron chi connectivity index (χ0n) is 2.90. The van der Waals surface area contributed by atoms with Gasteiger partial charge in [0, 0.05) is 0 Å². The maximum absolute atomic E-state index is 7.99. The minimum absolute atomic E-state index is 0.259. The van der Waals surface area contributed by atoms with Gasteiger partial charge in [0.25, 0.3) is 0 Å². The largest absolute Gasteiger partial charge is 0.392 e. The maximum Gasteiger partial charge on any atom is 0.175 e. The van der Waals surface area contributed by atoms with E-state index >= 15 is 0 Å². The highest BCUT2D eigenvalue weighted by atomic mass is 35.5. The lowest BCUT2D eigenvalue weighted by Crippen LogP contribution is -2.02. The molecule has 0 saturated carbocycles. The van der Waals surface area contributed by atoms with Crippen LogP contribution >= 0.6 is 23.5 Å². The third-order valence-electron chi connectivity index (χ3n) is 0.240. The van der Waals surface area contributed by atoms with Gasteiger partial charge in [-0.05, 0) is 0 Å². The van der Waals surface area contributed by atoms with Crippen LogP contribution < -0.4 is 0 Å². The molecule has 1 atom stereocenters. The summed E-state index contributed by atoms with van der Waals surface area (Å²) in [7, 11) is 0. The summed E-state index contributed by atoms with van der Waals surface area (Å²) in [6, 6.07) is 0. The van der Waals surface area contributed by atoms with Crippen LogP contribution in [0.15, 0.2) is 0 Å². The van der Waals surface area contributed by atoms with E-state index in [-0.39, 0.29) is 6.61 Å². The van der Waals surface area contributed by atoms with Crippen LogP contribution in [0.3, 0.4) is 0 Å². The summed E-state index contributed by atoms with van der Waals surface area (Å²) in [6.07, 6.45) is 0. The van der Waals surface area contributed by atoms with E-state index in [1.807, 2.05) is 0 Å². The zero-order chi connectivity index (χ0) is 4.99. The van der Waals surface area contributed by atoms with Gasteiger partial charge in [-0.25, -0.2) is 0 Å². The van der Waals surface area contributed by atoms with Crippen molar-refractivity contribution >= 4 is 23.5 Å². The summed E-state index contributed by atoms with van der Waals surface area (Å²) in [4.78, 5) is 0.